The zero-order valence-corrected chi connectivity index (χ0v) is 11.2. The lowest BCUT2D eigenvalue weighted by molar-refractivity contribution is -0.117. The molecule has 98 valence electrons. The van der Waals surface area contributed by atoms with Gasteiger partial charge in [-0.25, -0.2) is 4.79 Å². The predicted octanol–water partition coefficient (Wildman–Crippen LogP) is 0.877. The van der Waals surface area contributed by atoms with Crippen molar-refractivity contribution in [2.75, 3.05) is 32.1 Å². The van der Waals surface area contributed by atoms with E-state index in [1.807, 2.05) is 0 Å². The molecule has 1 saturated heterocycles. The number of halogens is 1. The van der Waals surface area contributed by atoms with Gasteiger partial charge in [0.25, 0.3) is 0 Å². The molecule has 1 aliphatic heterocycles. The van der Waals surface area contributed by atoms with Crippen molar-refractivity contribution in [1.82, 2.24) is 15.1 Å². The van der Waals surface area contributed by atoms with Crippen LogP contribution in [-0.4, -0.2) is 59.8 Å². The summed E-state index contributed by atoms with van der Waals surface area (Å²) < 4.78 is 0. The van der Waals surface area contributed by atoms with E-state index < -0.39 is 5.91 Å². The van der Waals surface area contributed by atoms with Crippen molar-refractivity contribution >= 4 is 23.5 Å². The normalized spacial score (nSPS) is 19.8. The Kier molecular flexibility index (Phi) is 5.71. The van der Waals surface area contributed by atoms with E-state index >= 15 is 0 Å². The molecule has 0 aliphatic carbocycles. The molecule has 1 unspecified atom stereocenters. The van der Waals surface area contributed by atoms with Crippen LogP contribution in [0.25, 0.3) is 0 Å². The van der Waals surface area contributed by atoms with Crippen LogP contribution in [0.4, 0.5) is 4.79 Å². The van der Waals surface area contributed by atoms with Gasteiger partial charge in [-0.1, -0.05) is 13.8 Å². The van der Waals surface area contributed by atoms with Crippen molar-refractivity contribution in [2.24, 2.45) is 0 Å². The van der Waals surface area contributed by atoms with Crippen molar-refractivity contribution in [3.8, 4) is 0 Å². The minimum absolute atomic E-state index is 0.181. The quantitative estimate of drug-likeness (QED) is 0.765. The first-order valence-electron chi connectivity index (χ1n) is 6.01. The Morgan fingerprint density at radius 3 is 2.59 bits per heavy atom. The van der Waals surface area contributed by atoms with Gasteiger partial charge in [-0.15, -0.1) is 11.6 Å². The number of nitrogens with zero attached hydrogens (tertiary/aromatic N) is 2. The van der Waals surface area contributed by atoms with E-state index in [-0.39, 0.29) is 11.9 Å². The maximum atomic E-state index is 11.7. The van der Waals surface area contributed by atoms with Crippen LogP contribution in [0.15, 0.2) is 0 Å². The molecular weight excluding hydrogens is 242 g/mol. The maximum Gasteiger partial charge on any atom is 0.324 e. The molecule has 3 amide bonds. The number of rotatable bonds is 4. The second kappa shape index (κ2) is 6.81. The van der Waals surface area contributed by atoms with Crippen LogP contribution >= 0.6 is 11.6 Å². The number of hydrogen-bond donors (Lipinski definition) is 1. The largest absolute Gasteiger partial charge is 0.324 e. The third-order valence-corrected chi connectivity index (χ3v) is 3.39. The summed E-state index contributed by atoms with van der Waals surface area (Å²) in [5.74, 6) is -0.623. The summed E-state index contributed by atoms with van der Waals surface area (Å²) in [6.45, 7) is 7.58. The van der Waals surface area contributed by atoms with Gasteiger partial charge < -0.3 is 4.90 Å². The second-order valence-electron chi connectivity index (χ2n) is 4.10. The number of hydrogen-bond acceptors (Lipinski definition) is 3. The number of nitrogens with one attached hydrogen (secondary N) is 1. The summed E-state index contributed by atoms with van der Waals surface area (Å²) in [5, 5.41) is 2.26. The highest BCUT2D eigenvalue weighted by Crippen LogP contribution is 2.15. The van der Waals surface area contributed by atoms with Crippen molar-refractivity contribution in [2.45, 2.75) is 26.3 Å². The Labute approximate surface area is 107 Å². The number of urea groups is 1. The molecule has 1 atom stereocenters. The van der Waals surface area contributed by atoms with Crippen LogP contribution < -0.4 is 5.32 Å². The summed E-state index contributed by atoms with van der Waals surface area (Å²) in [6.07, 6.45) is 0.962. The SMILES string of the molecule is CCN(CC)C1CCN(C(=O)NC(=O)CCl)C1. The standard InChI is InChI=1S/C11H20ClN3O2/c1-3-14(4-2)9-5-6-15(8-9)11(17)13-10(16)7-12/h9H,3-8H2,1-2H3,(H,13,16,17). The van der Waals surface area contributed by atoms with Gasteiger partial charge in [0, 0.05) is 19.1 Å². The van der Waals surface area contributed by atoms with E-state index in [2.05, 4.69) is 24.1 Å². The van der Waals surface area contributed by atoms with Crippen LogP contribution in [-0.2, 0) is 4.79 Å². The number of likely N-dealkylation sites (tertiary alicyclic amines) is 1. The predicted molar refractivity (Wildman–Crippen MR) is 67.2 cm³/mol. The molecule has 1 heterocycles. The highest BCUT2D eigenvalue weighted by atomic mass is 35.5. The van der Waals surface area contributed by atoms with Crippen LogP contribution in [0.1, 0.15) is 20.3 Å². The average molecular weight is 262 g/mol. The zero-order chi connectivity index (χ0) is 12.8. The first-order valence-corrected chi connectivity index (χ1v) is 6.54. The third-order valence-electron chi connectivity index (χ3n) is 3.15. The highest BCUT2D eigenvalue weighted by Gasteiger charge is 2.29. The first-order chi connectivity index (χ1) is 8.12. The maximum absolute atomic E-state index is 11.7. The van der Waals surface area contributed by atoms with Gasteiger partial charge in [-0.3, -0.25) is 15.0 Å². The van der Waals surface area contributed by atoms with Gasteiger partial charge in [-0.2, -0.15) is 0 Å². The number of likely N-dealkylation sites (N-methyl/N-ethyl adjacent to an activating group) is 1. The van der Waals surface area contributed by atoms with E-state index in [0.717, 1.165) is 19.5 Å². The van der Waals surface area contributed by atoms with E-state index in [0.29, 0.717) is 19.1 Å². The molecular formula is C11H20ClN3O2. The molecule has 0 aromatic rings. The van der Waals surface area contributed by atoms with Crippen LogP contribution in [0.5, 0.6) is 0 Å². The molecule has 0 saturated carbocycles. The van der Waals surface area contributed by atoms with E-state index in [9.17, 15) is 9.59 Å². The number of imide groups is 1. The first kappa shape index (κ1) is 14.3. The second-order valence-corrected chi connectivity index (χ2v) is 4.36. The molecule has 1 N–H and O–H groups in total. The Balaban J connectivity index is 2.44. The lowest BCUT2D eigenvalue weighted by Crippen LogP contribution is -2.44. The van der Waals surface area contributed by atoms with Crippen molar-refractivity contribution in [1.29, 1.82) is 0 Å². The van der Waals surface area contributed by atoms with E-state index in [1.165, 1.54) is 0 Å². The zero-order valence-electron chi connectivity index (χ0n) is 10.4. The molecule has 0 bridgehead atoms. The minimum atomic E-state index is -0.442. The van der Waals surface area contributed by atoms with Crippen molar-refractivity contribution in [3.63, 3.8) is 0 Å². The van der Waals surface area contributed by atoms with Gasteiger partial charge in [0.15, 0.2) is 0 Å². The van der Waals surface area contributed by atoms with Gasteiger partial charge in [0.2, 0.25) is 5.91 Å². The van der Waals surface area contributed by atoms with Gasteiger partial charge in [0.05, 0.1) is 0 Å². The van der Waals surface area contributed by atoms with E-state index in [4.69, 9.17) is 11.6 Å². The van der Waals surface area contributed by atoms with Gasteiger partial charge in [-0.05, 0) is 19.5 Å². The molecule has 0 radical (unpaired) electrons. The van der Waals surface area contributed by atoms with Gasteiger partial charge >= 0.3 is 6.03 Å². The molecule has 1 fully saturated rings. The number of alkyl halides is 1. The summed E-state index contributed by atoms with van der Waals surface area (Å²) in [5.41, 5.74) is 0. The fourth-order valence-corrected chi connectivity index (χ4v) is 2.26. The third kappa shape index (κ3) is 3.85. The summed E-state index contributed by atoms with van der Waals surface area (Å²) in [7, 11) is 0. The smallest absolute Gasteiger partial charge is 0.323 e. The Hall–Kier alpha value is -0.810. The number of carbonyl (C=O) groups excluding carboxylic acids is 2. The fraction of sp³-hybridized carbons (Fsp3) is 0.818. The van der Waals surface area contributed by atoms with E-state index in [1.54, 1.807) is 4.90 Å². The summed E-state index contributed by atoms with van der Waals surface area (Å²) in [6, 6.07) is 0.0761. The van der Waals surface area contributed by atoms with Crippen LogP contribution in [0.3, 0.4) is 0 Å². The molecule has 5 nitrogen and oxygen atoms in total. The van der Waals surface area contributed by atoms with Crippen LogP contribution in [0, 0.1) is 0 Å². The Morgan fingerprint density at radius 2 is 2.06 bits per heavy atom. The van der Waals surface area contributed by atoms with Crippen LogP contribution in [0.2, 0.25) is 0 Å². The Morgan fingerprint density at radius 1 is 1.41 bits per heavy atom. The lowest BCUT2D eigenvalue weighted by Gasteiger charge is -2.26. The van der Waals surface area contributed by atoms with Gasteiger partial charge in [0.1, 0.15) is 5.88 Å². The lowest BCUT2D eigenvalue weighted by atomic mass is 10.2. The highest BCUT2D eigenvalue weighted by molar-refractivity contribution is 6.28. The molecule has 0 aromatic carbocycles. The summed E-state index contributed by atoms with van der Waals surface area (Å²) >= 11 is 5.34. The topological polar surface area (TPSA) is 52.6 Å². The number of amides is 3. The monoisotopic (exact) mass is 261 g/mol. The molecule has 1 rings (SSSR count). The minimum Gasteiger partial charge on any atom is -0.323 e. The molecule has 0 spiro atoms. The van der Waals surface area contributed by atoms with Crippen molar-refractivity contribution in [3.05, 3.63) is 0 Å². The Bertz CT molecular complexity index is 282. The molecule has 0 aromatic heterocycles. The fourth-order valence-electron chi connectivity index (χ4n) is 2.20. The molecule has 17 heavy (non-hydrogen) atoms. The molecule has 6 heteroatoms. The molecule has 1 aliphatic rings. The average Bonchev–Trinajstić information content (AvgIpc) is 2.80. The summed E-state index contributed by atoms with van der Waals surface area (Å²) in [4.78, 5) is 26.7. The number of carbonyl (C=O) groups is 2. The van der Waals surface area contributed by atoms with Crippen molar-refractivity contribution < 1.29 is 9.59 Å².